The molecular weight excluding hydrogens is 500 g/mol. The number of aliphatic hydroxyl groups excluding tert-OH is 1. The number of benzene rings is 2. The number of amides is 1. The third kappa shape index (κ3) is 4.31. The predicted molar refractivity (Wildman–Crippen MR) is 101 cm³/mol. The second-order valence-corrected chi connectivity index (χ2v) is 7.69. The van der Waals surface area contributed by atoms with Gasteiger partial charge in [0.15, 0.2) is 11.6 Å². The molecule has 1 amide bonds. The highest BCUT2D eigenvalue weighted by Gasteiger charge is 2.45. The maximum absolute atomic E-state index is 14.4. The molecule has 2 aromatic carbocycles. The molecule has 0 aromatic heterocycles. The number of carbonyl (C=O) groups excluding carboxylic acids is 1. The number of anilines is 2. The van der Waals surface area contributed by atoms with Crippen molar-refractivity contribution in [3.05, 3.63) is 55.9 Å². The van der Waals surface area contributed by atoms with Gasteiger partial charge in [0.2, 0.25) is 0 Å². The van der Waals surface area contributed by atoms with Crippen molar-refractivity contribution in [3.8, 4) is 0 Å². The van der Waals surface area contributed by atoms with Crippen molar-refractivity contribution >= 4 is 51.5 Å². The molecule has 5 nitrogen and oxygen atoms in total. The standard InChI is InChI=1S/C17H13ClF3IN2O3/c18-10-6-9(16(26)24-27-17(7-25)3-4-17)15(14(21)13(10)20)23-12-2-1-8(22)5-11(12)19/h1-2,5-6,23,25H,3-4,7H2,(H,24,26). The van der Waals surface area contributed by atoms with Crippen molar-refractivity contribution in [1.82, 2.24) is 5.48 Å². The Bertz CT molecular complexity index is 909. The second-order valence-electron chi connectivity index (χ2n) is 6.03. The zero-order valence-corrected chi connectivity index (χ0v) is 16.5. The lowest BCUT2D eigenvalue weighted by Crippen LogP contribution is -2.33. The van der Waals surface area contributed by atoms with Gasteiger partial charge in [-0.3, -0.25) is 9.63 Å². The van der Waals surface area contributed by atoms with Gasteiger partial charge in [-0.2, -0.15) is 0 Å². The van der Waals surface area contributed by atoms with E-state index in [1.807, 2.05) is 22.6 Å². The average Bonchev–Trinajstić information content (AvgIpc) is 3.42. The van der Waals surface area contributed by atoms with Crippen LogP contribution in [-0.4, -0.2) is 23.2 Å². The summed E-state index contributed by atoms with van der Waals surface area (Å²) in [6, 6.07) is 4.97. The highest BCUT2D eigenvalue weighted by molar-refractivity contribution is 14.1. The number of hydrogen-bond acceptors (Lipinski definition) is 4. The van der Waals surface area contributed by atoms with Crippen LogP contribution in [0.1, 0.15) is 23.2 Å². The Labute approximate surface area is 170 Å². The van der Waals surface area contributed by atoms with Gasteiger partial charge in [-0.05, 0) is 59.7 Å². The van der Waals surface area contributed by atoms with Crippen LogP contribution in [0.3, 0.4) is 0 Å². The van der Waals surface area contributed by atoms with Crippen molar-refractivity contribution in [2.75, 3.05) is 11.9 Å². The Kier molecular flexibility index (Phi) is 5.84. The first kappa shape index (κ1) is 20.2. The molecule has 0 unspecified atom stereocenters. The fraction of sp³-hybridized carbons (Fsp3) is 0.235. The number of nitrogens with one attached hydrogen (secondary N) is 2. The Hall–Kier alpha value is -1.56. The molecule has 0 saturated heterocycles. The van der Waals surface area contributed by atoms with E-state index < -0.39 is 39.7 Å². The van der Waals surface area contributed by atoms with E-state index in [0.717, 1.165) is 6.07 Å². The third-order valence-electron chi connectivity index (χ3n) is 4.05. The molecular formula is C17H13ClF3IN2O3. The highest BCUT2D eigenvalue weighted by Crippen LogP contribution is 2.38. The fourth-order valence-electron chi connectivity index (χ4n) is 2.26. The Morgan fingerprint density at radius 3 is 2.56 bits per heavy atom. The van der Waals surface area contributed by atoms with Crippen LogP contribution < -0.4 is 10.8 Å². The van der Waals surface area contributed by atoms with Gasteiger partial charge in [0.1, 0.15) is 11.4 Å². The predicted octanol–water partition coefficient (Wildman–Crippen LogP) is 4.29. The van der Waals surface area contributed by atoms with Crippen molar-refractivity contribution in [1.29, 1.82) is 0 Å². The van der Waals surface area contributed by atoms with Gasteiger partial charge < -0.3 is 10.4 Å². The van der Waals surface area contributed by atoms with Crippen molar-refractivity contribution in [2.24, 2.45) is 0 Å². The summed E-state index contributed by atoms with van der Waals surface area (Å²) in [4.78, 5) is 17.5. The number of rotatable bonds is 6. The number of hydrogen-bond donors (Lipinski definition) is 3. The zero-order valence-electron chi connectivity index (χ0n) is 13.6. The van der Waals surface area contributed by atoms with Crippen molar-refractivity contribution < 1.29 is 27.9 Å². The minimum Gasteiger partial charge on any atom is -0.393 e. The smallest absolute Gasteiger partial charge is 0.277 e. The summed E-state index contributed by atoms with van der Waals surface area (Å²) in [6.07, 6.45) is 1.09. The molecule has 0 heterocycles. The molecule has 27 heavy (non-hydrogen) atoms. The summed E-state index contributed by atoms with van der Waals surface area (Å²) in [5.41, 5.74) is 0.100. The van der Waals surface area contributed by atoms with Gasteiger partial charge >= 0.3 is 0 Å². The molecule has 10 heteroatoms. The zero-order chi connectivity index (χ0) is 19.8. The monoisotopic (exact) mass is 512 g/mol. The molecule has 1 aliphatic carbocycles. The molecule has 0 spiro atoms. The summed E-state index contributed by atoms with van der Waals surface area (Å²) in [6.45, 7) is -0.301. The molecule has 2 aromatic rings. The molecule has 1 aliphatic rings. The van der Waals surface area contributed by atoms with E-state index in [1.165, 1.54) is 12.1 Å². The van der Waals surface area contributed by atoms with E-state index >= 15 is 0 Å². The fourth-order valence-corrected chi connectivity index (χ4v) is 2.91. The van der Waals surface area contributed by atoms with Crippen LogP contribution in [0.4, 0.5) is 24.5 Å². The minimum atomic E-state index is -1.44. The Morgan fingerprint density at radius 2 is 1.96 bits per heavy atom. The van der Waals surface area contributed by atoms with Gasteiger partial charge in [-0.1, -0.05) is 11.6 Å². The second kappa shape index (κ2) is 7.82. The van der Waals surface area contributed by atoms with Gasteiger partial charge in [0.05, 0.1) is 28.6 Å². The molecule has 0 aliphatic heterocycles. The van der Waals surface area contributed by atoms with E-state index in [-0.39, 0.29) is 17.9 Å². The molecule has 1 saturated carbocycles. The average molecular weight is 513 g/mol. The third-order valence-corrected chi connectivity index (χ3v) is 5.00. The lowest BCUT2D eigenvalue weighted by Gasteiger charge is -2.17. The van der Waals surface area contributed by atoms with Crippen LogP contribution in [-0.2, 0) is 4.84 Å². The van der Waals surface area contributed by atoms with Crippen LogP contribution in [0.15, 0.2) is 24.3 Å². The first-order chi connectivity index (χ1) is 12.8. The largest absolute Gasteiger partial charge is 0.393 e. The Morgan fingerprint density at radius 1 is 1.26 bits per heavy atom. The van der Waals surface area contributed by atoms with Gasteiger partial charge in [0, 0.05) is 3.57 Å². The summed E-state index contributed by atoms with van der Waals surface area (Å²) in [7, 11) is 0. The summed E-state index contributed by atoms with van der Waals surface area (Å²) >= 11 is 7.54. The molecule has 1 fully saturated rings. The number of carbonyl (C=O) groups is 1. The van der Waals surface area contributed by atoms with Crippen LogP contribution in [0.2, 0.25) is 5.02 Å². The van der Waals surface area contributed by atoms with Crippen LogP contribution in [0, 0.1) is 21.0 Å². The minimum absolute atomic E-state index is 0.153. The molecule has 3 N–H and O–H groups in total. The molecule has 3 rings (SSSR count). The quantitative estimate of drug-likeness (QED) is 0.307. The molecule has 144 valence electrons. The molecule has 0 atom stereocenters. The van der Waals surface area contributed by atoms with Crippen LogP contribution in [0.25, 0.3) is 0 Å². The van der Waals surface area contributed by atoms with Gasteiger partial charge in [-0.15, -0.1) is 0 Å². The van der Waals surface area contributed by atoms with E-state index in [4.69, 9.17) is 16.4 Å². The summed E-state index contributed by atoms with van der Waals surface area (Å²) < 4.78 is 43.0. The maximum atomic E-state index is 14.4. The van der Waals surface area contributed by atoms with Crippen molar-refractivity contribution in [2.45, 2.75) is 18.4 Å². The summed E-state index contributed by atoms with van der Waals surface area (Å²) in [5.74, 6) is -4.45. The Balaban J connectivity index is 1.93. The molecule has 0 bridgehead atoms. The van der Waals surface area contributed by atoms with Crippen LogP contribution >= 0.6 is 34.2 Å². The number of aliphatic hydroxyl groups is 1. The number of hydroxylamine groups is 1. The van der Waals surface area contributed by atoms with Gasteiger partial charge in [-0.25, -0.2) is 18.7 Å². The molecule has 0 radical (unpaired) electrons. The highest BCUT2D eigenvalue weighted by atomic mass is 127. The first-order valence-electron chi connectivity index (χ1n) is 7.75. The van der Waals surface area contributed by atoms with E-state index in [9.17, 15) is 23.1 Å². The van der Waals surface area contributed by atoms with E-state index in [0.29, 0.717) is 16.4 Å². The van der Waals surface area contributed by atoms with Crippen LogP contribution in [0.5, 0.6) is 0 Å². The topological polar surface area (TPSA) is 70.6 Å². The van der Waals surface area contributed by atoms with Gasteiger partial charge in [0.25, 0.3) is 5.91 Å². The first-order valence-corrected chi connectivity index (χ1v) is 9.21. The summed E-state index contributed by atoms with van der Waals surface area (Å²) in [5, 5.41) is 11.0. The number of halogens is 5. The van der Waals surface area contributed by atoms with Crippen molar-refractivity contribution in [3.63, 3.8) is 0 Å². The normalized spacial score (nSPS) is 14.7. The maximum Gasteiger partial charge on any atom is 0.277 e. The SMILES string of the molecule is O=C(NOC1(CO)CC1)c1cc(Cl)c(F)c(F)c1Nc1ccc(I)cc1F. The lowest BCUT2D eigenvalue weighted by molar-refractivity contribution is -0.0566. The van der Waals surface area contributed by atoms with E-state index in [2.05, 4.69) is 10.8 Å². The lowest BCUT2D eigenvalue weighted by atomic mass is 10.1. The van der Waals surface area contributed by atoms with E-state index in [1.54, 1.807) is 6.07 Å².